The summed E-state index contributed by atoms with van der Waals surface area (Å²) in [5, 5.41) is 3.12. The fourth-order valence-electron chi connectivity index (χ4n) is 2.70. The van der Waals surface area contributed by atoms with E-state index in [-0.39, 0.29) is 24.4 Å². The lowest BCUT2D eigenvalue weighted by molar-refractivity contribution is -0.118. The molecule has 0 aliphatic rings. The Bertz CT molecular complexity index is 811. The lowest BCUT2D eigenvalue weighted by Crippen LogP contribution is -2.38. The van der Waals surface area contributed by atoms with Crippen LogP contribution in [0.3, 0.4) is 0 Å². The van der Waals surface area contributed by atoms with Crippen molar-refractivity contribution in [3.63, 3.8) is 0 Å². The maximum Gasteiger partial charge on any atom is 0.410 e. The average molecular weight is 477 g/mol. The van der Waals surface area contributed by atoms with E-state index < -0.39 is 17.5 Å². The van der Waals surface area contributed by atoms with Crippen molar-refractivity contribution in [2.45, 2.75) is 72.8 Å². The molecule has 0 aromatic heterocycles. The average Bonchev–Trinajstić information content (AvgIpc) is 2.76. The number of carbonyl (C=O) groups is 3. The van der Waals surface area contributed by atoms with Gasteiger partial charge in [0.25, 0.3) is 0 Å². The quantitative estimate of drug-likeness (QED) is 0.225. The first-order chi connectivity index (χ1) is 15.9. The molecule has 1 amide bonds. The van der Waals surface area contributed by atoms with Gasteiger partial charge in [-0.3, -0.25) is 9.59 Å². The molecule has 0 aliphatic heterocycles. The standard InChI is InChI=1S/C20H28FNO4.C7H13N/c1-5-12-22(19(25)26-20(2,3)4)13-6-7-17(23)14-18(24)15-8-10-16(21)11-9-15;1-4-6-8-7(3)5-2/h8-11H,5-7,12-14H2,1-4H3;4-5,8H,1,6H2,2-3H3/b;7-5-. The third-order valence-corrected chi connectivity index (χ3v) is 4.51. The summed E-state index contributed by atoms with van der Waals surface area (Å²) in [6.45, 7) is 16.8. The Morgan fingerprint density at radius 2 is 1.76 bits per heavy atom. The van der Waals surface area contributed by atoms with Gasteiger partial charge in [-0.2, -0.15) is 0 Å². The van der Waals surface area contributed by atoms with Gasteiger partial charge in [0, 0.05) is 37.3 Å². The first kappa shape index (κ1) is 31.0. The van der Waals surface area contributed by atoms with Gasteiger partial charge in [-0.15, -0.1) is 6.58 Å². The van der Waals surface area contributed by atoms with E-state index in [1.54, 1.807) is 25.7 Å². The second-order valence-electron chi connectivity index (χ2n) is 8.86. The van der Waals surface area contributed by atoms with Gasteiger partial charge in [-0.05, 0) is 71.7 Å². The number of benzene rings is 1. The van der Waals surface area contributed by atoms with Gasteiger partial charge in [-0.25, -0.2) is 9.18 Å². The fourth-order valence-corrected chi connectivity index (χ4v) is 2.70. The van der Waals surface area contributed by atoms with E-state index in [0.717, 1.165) is 13.0 Å². The highest BCUT2D eigenvalue weighted by Crippen LogP contribution is 2.12. The summed E-state index contributed by atoms with van der Waals surface area (Å²) in [6, 6.07) is 5.13. The molecule has 1 aromatic rings. The van der Waals surface area contributed by atoms with Gasteiger partial charge < -0.3 is 15.0 Å². The number of hydrogen-bond donors (Lipinski definition) is 1. The number of allylic oxidation sites excluding steroid dienone is 2. The monoisotopic (exact) mass is 476 g/mol. The van der Waals surface area contributed by atoms with Crippen LogP contribution in [0.2, 0.25) is 0 Å². The molecule has 0 saturated heterocycles. The predicted octanol–water partition coefficient (Wildman–Crippen LogP) is 6.08. The van der Waals surface area contributed by atoms with Crippen molar-refractivity contribution in [2.24, 2.45) is 0 Å². The zero-order valence-electron chi connectivity index (χ0n) is 21.6. The van der Waals surface area contributed by atoms with E-state index >= 15 is 0 Å². The SMILES string of the molecule is C=CCN/C(C)=C\C.CCCN(CCCC(=O)CC(=O)c1ccc(F)cc1)C(=O)OC(C)(C)C. The Labute approximate surface area is 204 Å². The first-order valence-electron chi connectivity index (χ1n) is 11.7. The highest BCUT2D eigenvalue weighted by atomic mass is 19.1. The molecule has 0 bridgehead atoms. The number of nitrogens with one attached hydrogen (secondary N) is 1. The van der Waals surface area contributed by atoms with E-state index in [1.165, 1.54) is 30.0 Å². The summed E-state index contributed by atoms with van der Waals surface area (Å²) in [7, 11) is 0. The molecule has 0 spiro atoms. The molecule has 1 rings (SSSR count). The largest absolute Gasteiger partial charge is 0.444 e. The van der Waals surface area contributed by atoms with Gasteiger partial charge in [0.1, 0.15) is 17.2 Å². The molecule has 34 heavy (non-hydrogen) atoms. The van der Waals surface area contributed by atoms with E-state index in [2.05, 4.69) is 11.9 Å². The predicted molar refractivity (Wildman–Crippen MR) is 135 cm³/mol. The maximum atomic E-state index is 12.9. The molecular formula is C27H41FN2O4. The number of rotatable bonds is 12. The second-order valence-corrected chi connectivity index (χ2v) is 8.86. The number of hydrogen-bond acceptors (Lipinski definition) is 5. The van der Waals surface area contributed by atoms with Gasteiger partial charge in [0.15, 0.2) is 5.78 Å². The molecule has 0 radical (unpaired) electrons. The van der Waals surface area contributed by atoms with Crippen LogP contribution in [0.25, 0.3) is 0 Å². The summed E-state index contributed by atoms with van der Waals surface area (Å²) in [6.07, 6.45) is 4.72. The summed E-state index contributed by atoms with van der Waals surface area (Å²) < 4.78 is 18.2. The number of halogens is 1. The molecule has 6 nitrogen and oxygen atoms in total. The summed E-state index contributed by atoms with van der Waals surface area (Å²) in [5.74, 6) is -0.946. The van der Waals surface area contributed by atoms with Crippen molar-refractivity contribution >= 4 is 17.7 Å². The molecule has 1 N–H and O–H groups in total. The Morgan fingerprint density at radius 3 is 2.26 bits per heavy atom. The zero-order valence-corrected chi connectivity index (χ0v) is 21.6. The number of carbonyl (C=O) groups excluding carboxylic acids is 3. The van der Waals surface area contributed by atoms with Crippen LogP contribution in [-0.4, -0.2) is 47.8 Å². The second kappa shape index (κ2) is 16.6. The van der Waals surface area contributed by atoms with E-state index in [4.69, 9.17) is 4.74 Å². The zero-order chi connectivity index (χ0) is 26.1. The number of ketones is 2. The normalized spacial score (nSPS) is 11.1. The Kier molecular flexibility index (Phi) is 15.2. The third-order valence-electron chi connectivity index (χ3n) is 4.51. The fraction of sp³-hybridized carbons (Fsp3) is 0.519. The molecule has 0 atom stereocenters. The number of Topliss-reactive ketones (excluding diaryl/α,β-unsaturated/α-hetero) is 2. The van der Waals surface area contributed by atoms with Gasteiger partial charge in [0.2, 0.25) is 0 Å². The maximum absolute atomic E-state index is 12.9. The summed E-state index contributed by atoms with van der Waals surface area (Å²) in [4.78, 5) is 37.7. The molecule has 0 fully saturated rings. The molecule has 0 heterocycles. The first-order valence-corrected chi connectivity index (χ1v) is 11.7. The molecular weight excluding hydrogens is 435 g/mol. The van der Waals surface area contributed by atoms with E-state index in [1.807, 2.05) is 32.9 Å². The Morgan fingerprint density at radius 1 is 1.15 bits per heavy atom. The Balaban J connectivity index is 0.00000116. The summed E-state index contributed by atoms with van der Waals surface area (Å²) >= 11 is 0. The van der Waals surface area contributed by atoms with E-state index in [0.29, 0.717) is 25.1 Å². The van der Waals surface area contributed by atoms with Crippen LogP contribution in [-0.2, 0) is 9.53 Å². The van der Waals surface area contributed by atoms with Crippen LogP contribution >= 0.6 is 0 Å². The molecule has 0 unspecified atom stereocenters. The van der Waals surface area contributed by atoms with Crippen LogP contribution in [0.1, 0.15) is 77.6 Å². The van der Waals surface area contributed by atoms with Gasteiger partial charge >= 0.3 is 6.09 Å². The third kappa shape index (κ3) is 15.0. The van der Waals surface area contributed by atoms with Crippen LogP contribution in [0.5, 0.6) is 0 Å². The van der Waals surface area contributed by atoms with Crippen LogP contribution in [0, 0.1) is 5.82 Å². The van der Waals surface area contributed by atoms with Crippen molar-refractivity contribution in [2.75, 3.05) is 19.6 Å². The minimum absolute atomic E-state index is 0.194. The van der Waals surface area contributed by atoms with Crippen LogP contribution in [0.15, 0.2) is 48.7 Å². The minimum Gasteiger partial charge on any atom is -0.444 e. The van der Waals surface area contributed by atoms with Crippen LogP contribution in [0.4, 0.5) is 9.18 Å². The smallest absolute Gasteiger partial charge is 0.410 e. The molecule has 7 heteroatoms. The van der Waals surface area contributed by atoms with Crippen molar-refractivity contribution in [3.8, 4) is 0 Å². The van der Waals surface area contributed by atoms with E-state index in [9.17, 15) is 18.8 Å². The highest BCUT2D eigenvalue weighted by molar-refractivity contribution is 6.07. The number of nitrogens with zero attached hydrogens (tertiary/aromatic N) is 1. The van der Waals surface area contributed by atoms with Crippen molar-refractivity contribution in [1.29, 1.82) is 0 Å². The van der Waals surface area contributed by atoms with Crippen molar-refractivity contribution in [3.05, 3.63) is 60.1 Å². The van der Waals surface area contributed by atoms with Crippen molar-refractivity contribution in [1.82, 2.24) is 10.2 Å². The lowest BCUT2D eigenvalue weighted by Gasteiger charge is -2.27. The molecule has 0 aliphatic carbocycles. The van der Waals surface area contributed by atoms with Gasteiger partial charge in [-0.1, -0.05) is 19.1 Å². The number of amides is 1. The molecule has 1 aromatic carbocycles. The molecule has 190 valence electrons. The topological polar surface area (TPSA) is 75.7 Å². The molecule has 0 saturated carbocycles. The summed E-state index contributed by atoms with van der Waals surface area (Å²) in [5.41, 5.74) is 0.950. The van der Waals surface area contributed by atoms with Gasteiger partial charge in [0.05, 0.1) is 6.42 Å². The van der Waals surface area contributed by atoms with Crippen molar-refractivity contribution < 1.29 is 23.5 Å². The number of ether oxygens (including phenoxy) is 1. The highest BCUT2D eigenvalue weighted by Gasteiger charge is 2.21. The minimum atomic E-state index is -0.569. The lowest BCUT2D eigenvalue weighted by atomic mass is 10.0. The Hall–Kier alpha value is -2.96. The van der Waals surface area contributed by atoms with Crippen LogP contribution < -0.4 is 5.32 Å².